The van der Waals surface area contributed by atoms with Crippen LogP contribution >= 0.6 is 0 Å². The fourth-order valence-corrected chi connectivity index (χ4v) is 3.77. The maximum Gasteiger partial charge on any atom is 0.268 e. The molecule has 3 amide bonds. The SMILES string of the molecule is CC(C)[C@@H]1NC(=O)[C@@H](NC(=O)c2ccc[nH]2)Cc2ccc(cc2)OCCCC[C@@H](C=O)NC1=O. The summed E-state index contributed by atoms with van der Waals surface area (Å²) >= 11 is 0. The number of aromatic amines is 1. The molecule has 2 aromatic rings. The lowest BCUT2D eigenvalue weighted by atomic mass is 10.00. The molecule has 0 fully saturated rings. The molecule has 2 aliphatic heterocycles. The second kappa shape index (κ2) is 12.0. The van der Waals surface area contributed by atoms with E-state index in [1.807, 2.05) is 38.1 Å². The summed E-state index contributed by atoms with van der Waals surface area (Å²) in [5.41, 5.74) is 1.15. The molecule has 2 aliphatic rings. The van der Waals surface area contributed by atoms with E-state index in [9.17, 15) is 19.2 Å². The number of H-pyrrole nitrogens is 1. The van der Waals surface area contributed by atoms with Crippen molar-refractivity contribution < 1.29 is 23.9 Å². The van der Waals surface area contributed by atoms with Crippen molar-refractivity contribution in [3.05, 3.63) is 53.9 Å². The van der Waals surface area contributed by atoms with E-state index in [0.717, 1.165) is 12.0 Å². The lowest BCUT2D eigenvalue weighted by molar-refractivity contribution is -0.132. The molecular formula is C25H32N4O5. The fourth-order valence-electron chi connectivity index (χ4n) is 3.77. The van der Waals surface area contributed by atoms with Gasteiger partial charge in [-0.15, -0.1) is 0 Å². The minimum Gasteiger partial charge on any atom is -0.494 e. The van der Waals surface area contributed by atoms with E-state index in [-0.39, 0.29) is 12.3 Å². The largest absolute Gasteiger partial charge is 0.494 e. The number of carbonyl (C=O) groups is 4. The first kappa shape index (κ1) is 25.0. The molecule has 0 radical (unpaired) electrons. The Labute approximate surface area is 199 Å². The summed E-state index contributed by atoms with van der Waals surface area (Å²) in [5, 5.41) is 8.27. The van der Waals surface area contributed by atoms with Gasteiger partial charge in [0.25, 0.3) is 5.91 Å². The third-order valence-corrected chi connectivity index (χ3v) is 5.74. The first-order chi connectivity index (χ1) is 16.4. The van der Waals surface area contributed by atoms with E-state index in [2.05, 4.69) is 20.9 Å². The van der Waals surface area contributed by atoms with Crippen LogP contribution in [0.3, 0.4) is 0 Å². The molecule has 3 heterocycles. The highest BCUT2D eigenvalue weighted by molar-refractivity contribution is 5.97. The highest BCUT2D eigenvalue weighted by Gasteiger charge is 2.30. The van der Waals surface area contributed by atoms with Gasteiger partial charge in [-0.25, -0.2) is 0 Å². The van der Waals surface area contributed by atoms with Crippen molar-refractivity contribution in [2.75, 3.05) is 6.61 Å². The summed E-state index contributed by atoms with van der Waals surface area (Å²) < 4.78 is 5.76. The number of amides is 3. The molecule has 0 spiro atoms. The van der Waals surface area contributed by atoms with Crippen molar-refractivity contribution in [3.8, 4) is 5.75 Å². The van der Waals surface area contributed by atoms with Gasteiger partial charge in [-0.2, -0.15) is 0 Å². The van der Waals surface area contributed by atoms with E-state index in [4.69, 9.17) is 4.74 Å². The summed E-state index contributed by atoms with van der Waals surface area (Å²) in [6, 6.07) is 8.22. The van der Waals surface area contributed by atoms with E-state index < -0.39 is 35.8 Å². The predicted molar refractivity (Wildman–Crippen MR) is 126 cm³/mol. The van der Waals surface area contributed by atoms with Gasteiger partial charge in [0.05, 0.1) is 12.6 Å². The lowest BCUT2D eigenvalue weighted by Crippen LogP contribution is -2.57. The maximum atomic E-state index is 13.3. The van der Waals surface area contributed by atoms with Crippen LogP contribution in [-0.2, 0) is 20.8 Å². The fraction of sp³-hybridized carbons (Fsp3) is 0.440. The van der Waals surface area contributed by atoms with Crippen LogP contribution in [0, 0.1) is 5.92 Å². The molecular weight excluding hydrogens is 436 g/mol. The quantitative estimate of drug-likeness (QED) is 0.508. The molecule has 1 aromatic carbocycles. The van der Waals surface area contributed by atoms with Crippen molar-refractivity contribution in [3.63, 3.8) is 0 Å². The molecule has 34 heavy (non-hydrogen) atoms. The Balaban J connectivity index is 1.86. The normalized spacial score (nSPS) is 22.3. The minimum atomic E-state index is -0.922. The highest BCUT2D eigenvalue weighted by Crippen LogP contribution is 2.16. The van der Waals surface area contributed by atoms with Crippen LogP contribution in [0.1, 0.15) is 49.2 Å². The number of hydrogen-bond acceptors (Lipinski definition) is 5. The number of ether oxygens (including phenoxy) is 1. The molecule has 0 unspecified atom stereocenters. The summed E-state index contributed by atoms with van der Waals surface area (Å²) in [6.07, 6.45) is 4.47. The Bertz CT molecular complexity index is 972. The van der Waals surface area contributed by atoms with E-state index in [0.29, 0.717) is 37.2 Å². The Hall–Kier alpha value is -3.62. The first-order valence-electron chi connectivity index (χ1n) is 11.6. The van der Waals surface area contributed by atoms with Crippen LogP contribution in [-0.4, -0.2) is 53.7 Å². The van der Waals surface area contributed by atoms with Gasteiger partial charge >= 0.3 is 0 Å². The van der Waals surface area contributed by atoms with Gasteiger partial charge in [0.1, 0.15) is 29.8 Å². The van der Waals surface area contributed by atoms with Gasteiger partial charge < -0.3 is 30.5 Å². The third kappa shape index (κ3) is 6.94. The number of aldehydes is 1. The van der Waals surface area contributed by atoms with Crippen LogP contribution in [0.4, 0.5) is 0 Å². The average molecular weight is 469 g/mol. The number of nitrogens with one attached hydrogen (secondary N) is 4. The topological polar surface area (TPSA) is 129 Å². The first-order valence-corrected chi connectivity index (χ1v) is 11.6. The van der Waals surface area contributed by atoms with E-state index in [1.165, 1.54) is 0 Å². The standard InChI is InChI=1S/C25H32N4O5/c1-16(2)22-25(33)27-18(15-30)6-3-4-13-34-19-10-8-17(9-11-19)14-21(24(32)29-22)28-23(31)20-7-5-12-26-20/h5,7-12,15-16,18,21-22,26H,3-4,6,13-14H2,1-2H3,(H,27,33)(H,28,31)(H,29,32)/t18-,21-,22-/m0/s1. The van der Waals surface area contributed by atoms with Gasteiger partial charge in [0.15, 0.2) is 0 Å². The minimum absolute atomic E-state index is 0.224. The summed E-state index contributed by atoms with van der Waals surface area (Å²) in [5.74, 6) is -0.876. The third-order valence-electron chi connectivity index (χ3n) is 5.74. The molecule has 1 aromatic heterocycles. The summed E-state index contributed by atoms with van der Waals surface area (Å²) in [6.45, 7) is 4.11. The van der Waals surface area contributed by atoms with Gasteiger partial charge in [-0.1, -0.05) is 26.0 Å². The summed E-state index contributed by atoms with van der Waals surface area (Å²) in [7, 11) is 0. The molecule has 0 aliphatic carbocycles. The van der Waals surface area contributed by atoms with Crippen molar-refractivity contribution in [2.45, 2.75) is 57.7 Å². The van der Waals surface area contributed by atoms with Gasteiger partial charge in [-0.3, -0.25) is 14.4 Å². The molecule has 0 saturated heterocycles. The number of rotatable bonds is 4. The maximum absolute atomic E-state index is 13.3. The van der Waals surface area contributed by atoms with E-state index >= 15 is 0 Å². The Morgan fingerprint density at radius 3 is 2.50 bits per heavy atom. The Morgan fingerprint density at radius 2 is 1.85 bits per heavy atom. The number of carbonyl (C=O) groups excluding carboxylic acids is 4. The Morgan fingerprint density at radius 1 is 1.09 bits per heavy atom. The number of benzene rings is 1. The molecule has 0 saturated carbocycles. The predicted octanol–water partition coefficient (Wildman–Crippen LogP) is 1.74. The monoisotopic (exact) mass is 468 g/mol. The highest BCUT2D eigenvalue weighted by atomic mass is 16.5. The van der Waals surface area contributed by atoms with Crippen LogP contribution in [0.15, 0.2) is 42.6 Å². The zero-order valence-electron chi connectivity index (χ0n) is 19.5. The van der Waals surface area contributed by atoms with Crippen LogP contribution < -0.4 is 20.7 Å². The molecule has 9 heteroatoms. The molecule has 4 N–H and O–H groups in total. The average Bonchev–Trinajstić information content (AvgIpc) is 3.36. The van der Waals surface area contributed by atoms with Crippen molar-refractivity contribution >= 4 is 24.0 Å². The van der Waals surface area contributed by atoms with Crippen LogP contribution in [0.5, 0.6) is 5.75 Å². The second-order valence-corrected chi connectivity index (χ2v) is 8.78. The van der Waals surface area contributed by atoms with Gasteiger partial charge in [-0.05, 0) is 55.0 Å². The molecule has 9 nitrogen and oxygen atoms in total. The summed E-state index contributed by atoms with van der Waals surface area (Å²) in [4.78, 5) is 53.2. The Kier molecular flexibility index (Phi) is 8.84. The van der Waals surface area contributed by atoms with Gasteiger partial charge in [0, 0.05) is 12.6 Å². The van der Waals surface area contributed by atoms with Crippen molar-refractivity contribution in [1.82, 2.24) is 20.9 Å². The number of aromatic nitrogens is 1. The molecule has 2 bridgehead atoms. The van der Waals surface area contributed by atoms with Crippen LogP contribution in [0.2, 0.25) is 0 Å². The smallest absolute Gasteiger partial charge is 0.268 e. The zero-order valence-corrected chi connectivity index (χ0v) is 19.5. The number of fused-ring (bicyclic) bond motifs is 14. The van der Waals surface area contributed by atoms with E-state index in [1.54, 1.807) is 18.3 Å². The van der Waals surface area contributed by atoms with Crippen molar-refractivity contribution in [2.24, 2.45) is 5.92 Å². The molecule has 3 atom stereocenters. The molecule has 182 valence electrons. The van der Waals surface area contributed by atoms with Gasteiger partial charge in [0.2, 0.25) is 11.8 Å². The zero-order chi connectivity index (χ0) is 24.5. The van der Waals surface area contributed by atoms with Crippen molar-refractivity contribution in [1.29, 1.82) is 0 Å². The lowest BCUT2D eigenvalue weighted by Gasteiger charge is -2.26. The second-order valence-electron chi connectivity index (χ2n) is 8.78. The molecule has 4 rings (SSSR count). The number of hydrogen-bond donors (Lipinski definition) is 4. The van der Waals surface area contributed by atoms with Crippen LogP contribution in [0.25, 0.3) is 0 Å².